The Morgan fingerprint density at radius 2 is 2.13 bits per heavy atom. The number of fused-ring (bicyclic) bond motifs is 1. The third-order valence-corrected chi connectivity index (χ3v) is 2.49. The zero-order valence-electron chi connectivity index (χ0n) is 8.60. The number of rotatable bonds is 2. The first-order chi connectivity index (χ1) is 6.75. The maximum atomic E-state index is 9.18. The molecule has 0 radical (unpaired) electrons. The Kier molecular flexibility index (Phi) is 4.69. The first kappa shape index (κ1) is 12.6. The minimum Gasteiger partial charge on any atom is -0.419 e. The van der Waals surface area contributed by atoms with Crippen molar-refractivity contribution < 1.29 is 30.7 Å². The number of β-amino-alcohol motifs (C(OH)–C–C–N with tert-alkyl or cyclic N) is 1. The first-order valence-corrected chi connectivity index (χ1v) is 4.93. The van der Waals surface area contributed by atoms with Gasteiger partial charge in [0.2, 0.25) is 0 Å². The molecule has 0 aliphatic carbocycles. The molecule has 0 saturated heterocycles. The molecule has 1 N–H and O–H groups in total. The summed E-state index contributed by atoms with van der Waals surface area (Å²) in [5, 5.41) is 9.18. The molecule has 1 unspecified atom stereocenters. The minimum absolute atomic E-state index is 0. The van der Waals surface area contributed by atoms with Crippen LogP contribution < -0.4 is 0 Å². The number of hydrogen-bond acceptors (Lipinski definition) is 1. The van der Waals surface area contributed by atoms with Crippen LogP contribution in [0.5, 0.6) is 0 Å². The van der Waals surface area contributed by atoms with Gasteiger partial charge in [-0.2, -0.15) is 0 Å². The minimum atomic E-state index is -0.503. The Morgan fingerprint density at radius 3 is 2.87 bits per heavy atom. The van der Waals surface area contributed by atoms with Gasteiger partial charge in [0, 0.05) is 33.0 Å². The van der Waals surface area contributed by atoms with Crippen molar-refractivity contribution in [1.82, 2.24) is 0 Å². The largest absolute Gasteiger partial charge is 0.419 e. The molecule has 3 heteroatoms. The predicted octanol–water partition coefficient (Wildman–Crippen LogP) is 0.867. The molecule has 2 nitrogen and oxygen atoms in total. The molecule has 2 rings (SSSR count). The van der Waals surface area contributed by atoms with E-state index in [1.807, 2.05) is 6.07 Å². The standard InChI is InChI=1S/C12H15NO.Mo/c1-10(14)8-13-7-6-11-4-2-3-5-12(11)9-13;/h2-5,9-10,14H,1,6-8H2;. The maximum Gasteiger partial charge on any atom is 0.170 e. The van der Waals surface area contributed by atoms with Crippen molar-refractivity contribution in [2.24, 2.45) is 0 Å². The molecule has 0 saturated carbocycles. The van der Waals surface area contributed by atoms with Crippen molar-refractivity contribution in [2.45, 2.75) is 12.5 Å². The van der Waals surface area contributed by atoms with Gasteiger partial charge in [0.1, 0.15) is 13.1 Å². The van der Waals surface area contributed by atoms with Crippen LogP contribution in [0.2, 0.25) is 0 Å². The molecule has 0 amide bonds. The van der Waals surface area contributed by atoms with E-state index in [0.29, 0.717) is 6.54 Å². The summed E-state index contributed by atoms with van der Waals surface area (Å²) in [5.74, 6) is 0. The summed E-state index contributed by atoms with van der Waals surface area (Å²) < 4.78 is 2.12. The number of benzene rings is 1. The van der Waals surface area contributed by atoms with Gasteiger partial charge in [-0.25, -0.2) is 4.58 Å². The summed E-state index contributed by atoms with van der Waals surface area (Å²) in [6, 6.07) is 8.37. The van der Waals surface area contributed by atoms with Crippen molar-refractivity contribution in [3.63, 3.8) is 0 Å². The van der Waals surface area contributed by atoms with Gasteiger partial charge in [0.05, 0.1) is 0 Å². The molecule has 1 atom stereocenters. The number of hydrogen-bond donors (Lipinski definition) is 1. The topological polar surface area (TPSA) is 23.2 Å². The van der Waals surface area contributed by atoms with E-state index in [9.17, 15) is 5.11 Å². The van der Waals surface area contributed by atoms with Gasteiger partial charge < -0.3 is 12.0 Å². The SMILES string of the molecule is [CH2-]C(O)C[N+]1=Cc2ccccc2CC1.[Mo]. The number of aliphatic hydroxyl groups is 1. The van der Waals surface area contributed by atoms with Gasteiger partial charge in [0.15, 0.2) is 6.21 Å². The zero-order valence-corrected chi connectivity index (χ0v) is 10.6. The normalized spacial score (nSPS) is 16.0. The van der Waals surface area contributed by atoms with E-state index in [1.54, 1.807) is 0 Å². The third-order valence-electron chi connectivity index (χ3n) is 2.49. The van der Waals surface area contributed by atoms with E-state index in [0.717, 1.165) is 13.0 Å². The molecule has 1 heterocycles. The van der Waals surface area contributed by atoms with Crippen LogP contribution >= 0.6 is 0 Å². The van der Waals surface area contributed by atoms with Crippen LogP contribution in [0.15, 0.2) is 24.3 Å². The molecular formula is C12H15MoNO. The average Bonchev–Trinajstić information content (AvgIpc) is 2.17. The molecule has 0 spiro atoms. The molecule has 1 aliphatic heterocycles. The fourth-order valence-corrected chi connectivity index (χ4v) is 1.83. The van der Waals surface area contributed by atoms with E-state index in [-0.39, 0.29) is 21.1 Å². The van der Waals surface area contributed by atoms with Gasteiger partial charge >= 0.3 is 0 Å². The summed E-state index contributed by atoms with van der Waals surface area (Å²) in [4.78, 5) is 0. The first-order valence-electron chi connectivity index (χ1n) is 4.93. The van der Waals surface area contributed by atoms with E-state index in [2.05, 4.69) is 35.9 Å². The van der Waals surface area contributed by atoms with Crippen LogP contribution in [0.1, 0.15) is 11.1 Å². The quantitative estimate of drug-likeness (QED) is 0.486. The molecular weight excluding hydrogens is 270 g/mol. The van der Waals surface area contributed by atoms with Crippen molar-refractivity contribution in [3.8, 4) is 0 Å². The maximum absolute atomic E-state index is 9.18. The molecule has 80 valence electrons. The molecule has 0 fully saturated rings. The van der Waals surface area contributed by atoms with Gasteiger partial charge in [-0.05, 0) is 17.7 Å². The van der Waals surface area contributed by atoms with Gasteiger partial charge in [-0.3, -0.25) is 0 Å². The second kappa shape index (κ2) is 5.58. The zero-order chi connectivity index (χ0) is 9.97. The molecule has 15 heavy (non-hydrogen) atoms. The Balaban J connectivity index is 0.00000112. The second-order valence-corrected chi connectivity index (χ2v) is 3.73. The van der Waals surface area contributed by atoms with Crippen LogP contribution in [0.4, 0.5) is 0 Å². The Hall–Kier alpha value is -0.462. The Labute approximate surface area is 105 Å². The predicted molar refractivity (Wildman–Crippen MR) is 56.7 cm³/mol. The van der Waals surface area contributed by atoms with Crippen LogP contribution in [0, 0.1) is 6.92 Å². The number of aliphatic hydroxyl groups excluding tert-OH is 1. The van der Waals surface area contributed by atoms with E-state index < -0.39 is 6.10 Å². The summed E-state index contributed by atoms with van der Waals surface area (Å²) >= 11 is 0. The van der Waals surface area contributed by atoms with E-state index in [1.165, 1.54) is 11.1 Å². The van der Waals surface area contributed by atoms with Crippen LogP contribution in [0.25, 0.3) is 0 Å². The molecule has 0 aromatic heterocycles. The monoisotopic (exact) mass is 287 g/mol. The van der Waals surface area contributed by atoms with Gasteiger partial charge in [0.25, 0.3) is 0 Å². The van der Waals surface area contributed by atoms with Crippen molar-refractivity contribution in [2.75, 3.05) is 13.1 Å². The van der Waals surface area contributed by atoms with Crippen molar-refractivity contribution in [1.29, 1.82) is 0 Å². The molecule has 0 bridgehead atoms. The van der Waals surface area contributed by atoms with E-state index >= 15 is 0 Å². The van der Waals surface area contributed by atoms with E-state index in [4.69, 9.17) is 0 Å². The molecule has 1 aromatic rings. The Morgan fingerprint density at radius 1 is 1.40 bits per heavy atom. The fourth-order valence-electron chi connectivity index (χ4n) is 1.83. The van der Waals surface area contributed by atoms with Gasteiger partial charge in [-0.15, -0.1) is 0 Å². The van der Waals surface area contributed by atoms with Gasteiger partial charge in [-0.1, -0.05) is 18.2 Å². The smallest absolute Gasteiger partial charge is 0.170 e. The van der Waals surface area contributed by atoms with Crippen molar-refractivity contribution >= 4 is 6.21 Å². The third kappa shape index (κ3) is 3.25. The van der Waals surface area contributed by atoms with Crippen molar-refractivity contribution in [3.05, 3.63) is 42.3 Å². The second-order valence-electron chi connectivity index (χ2n) is 3.73. The summed E-state index contributed by atoms with van der Waals surface area (Å²) in [6.07, 6.45) is 2.66. The molecule has 1 aromatic carbocycles. The number of nitrogens with zero attached hydrogens (tertiary/aromatic N) is 1. The average molecular weight is 285 g/mol. The van der Waals surface area contributed by atoms with Crippen LogP contribution in [-0.2, 0) is 27.5 Å². The summed E-state index contributed by atoms with van der Waals surface area (Å²) in [7, 11) is 0. The summed E-state index contributed by atoms with van der Waals surface area (Å²) in [5.41, 5.74) is 2.65. The van der Waals surface area contributed by atoms with Crippen LogP contribution in [0.3, 0.4) is 0 Å². The van der Waals surface area contributed by atoms with Crippen LogP contribution in [-0.4, -0.2) is 35.1 Å². The fraction of sp³-hybridized carbons (Fsp3) is 0.333. The summed E-state index contributed by atoms with van der Waals surface area (Å²) in [6.45, 7) is 5.18. The Bertz CT molecular complexity index is 360. The molecule has 1 aliphatic rings.